The van der Waals surface area contributed by atoms with E-state index in [2.05, 4.69) is 18.8 Å². The van der Waals surface area contributed by atoms with E-state index >= 15 is 0 Å². The van der Waals surface area contributed by atoms with Crippen LogP contribution in [-0.2, 0) is 14.6 Å². The van der Waals surface area contributed by atoms with Gasteiger partial charge in [0, 0.05) is 24.5 Å². The van der Waals surface area contributed by atoms with Gasteiger partial charge in [0.15, 0.2) is 9.84 Å². The Balaban J connectivity index is 4.51. The summed E-state index contributed by atoms with van der Waals surface area (Å²) in [6, 6.07) is 0. The Hall–Kier alpha value is -1.06. The molecule has 0 rings (SSSR count). The molecule has 0 spiro atoms. The first-order chi connectivity index (χ1) is 12.0. The van der Waals surface area contributed by atoms with E-state index in [4.69, 9.17) is 5.11 Å². The molecule has 0 aliphatic rings. The van der Waals surface area contributed by atoms with Crippen LogP contribution in [-0.4, -0.2) is 42.2 Å². The van der Waals surface area contributed by atoms with Crippen molar-refractivity contribution in [1.82, 2.24) is 0 Å². The van der Waals surface area contributed by atoms with E-state index < -0.39 is 27.2 Å². The van der Waals surface area contributed by atoms with E-state index in [1.165, 1.54) is 6.26 Å². The molecule has 0 aliphatic carbocycles. The molecule has 0 heterocycles. The lowest BCUT2D eigenvalue weighted by Crippen LogP contribution is -2.28. The van der Waals surface area contributed by atoms with E-state index in [1.807, 2.05) is 13.8 Å². The molecule has 6 heteroatoms. The number of hydrogen-bond donors (Lipinski definition) is 2. The van der Waals surface area contributed by atoms with Crippen molar-refractivity contribution in [2.75, 3.05) is 6.26 Å². The first kappa shape index (κ1) is 24.9. The van der Waals surface area contributed by atoms with Crippen LogP contribution in [0.25, 0.3) is 0 Å². The molecular weight excluding hydrogens is 352 g/mol. The number of sulfone groups is 1. The molecule has 26 heavy (non-hydrogen) atoms. The zero-order valence-electron chi connectivity index (χ0n) is 16.8. The van der Waals surface area contributed by atoms with E-state index in [9.17, 15) is 18.3 Å². The quantitative estimate of drug-likeness (QED) is 0.370. The van der Waals surface area contributed by atoms with Gasteiger partial charge in [-0.1, -0.05) is 64.7 Å². The summed E-state index contributed by atoms with van der Waals surface area (Å²) in [5.41, 5.74) is -0.298. The molecule has 0 saturated carbocycles. The number of carboxylic acid groups (broad SMARTS) is 1. The molecule has 152 valence electrons. The highest BCUT2D eigenvalue weighted by Crippen LogP contribution is 2.27. The molecule has 2 atom stereocenters. The normalized spacial score (nSPS) is 14.3. The Morgan fingerprint density at radius 2 is 1.73 bits per heavy atom. The fourth-order valence-corrected chi connectivity index (χ4v) is 3.68. The van der Waals surface area contributed by atoms with Crippen LogP contribution in [0.3, 0.4) is 0 Å². The van der Waals surface area contributed by atoms with Crippen LogP contribution in [0.4, 0.5) is 0 Å². The number of aliphatic carboxylic acids is 1. The third-order valence-corrected chi connectivity index (χ3v) is 6.37. The van der Waals surface area contributed by atoms with Gasteiger partial charge in [0.25, 0.3) is 0 Å². The SMILES string of the molecule is CCCCC(C)(C)C(O)C#CCC(CCCCCCC(=O)O)S(C)(=O)=O. The van der Waals surface area contributed by atoms with Gasteiger partial charge < -0.3 is 10.2 Å². The van der Waals surface area contributed by atoms with E-state index in [0.29, 0.717) is 12.8 Å². The molecule has 2 unspecified atom stereocenters. The summed E-state index contributed by atoms with van der Waals surface area (Å²) in [5, 5.41) is 18.3. The average molecular weight is 389 g/mol. The average Bonchev–Trinajstić information content (AvgIpc) is 2.52. The molecule has 0 saturated heterocycles. The van der Waals surface area contributed by atoms with Crippen LogP contribution in [0.5, 0.6) is 0 Å². The highest BCUT2D eigenvalue weighted by molar-refractivity contribution is 7.91. The molecule has 0 radical (unpaired) electrons. The van der Waals surface area contributed by atoms with Crippen LogP contribution in [0.15, 0.2) is 0 Å². The maximum atomic E-state index is 11.9. The van der Waals surface area contributed by atoms with Gasteiger partial charge in [-0.05, 0) is 19.3 Å². The Labute approximate surface area is 159 Å². The van der Waals surface area contributed by atoms with Gasteiger partial charge in [-0.25, -0.2) is 8.42 Å². The highest BCUT2D eigenvalue weighted by atomic mass is 32.2. The predicted octanol–water partition coefficient (Wildman–Crippen LogP) is 3.80. The summed E-state index contributed by atoms with van der Waals surface area (Å²) in [7, 11) is -3.20. The zero-order valence-corrected chi connectivity index (χ0v) is 17.6. The lowest BCUT2D eigenvalue weighted by molar-refractivity contribution is -0.137. The monoisotopic (exact) mass is 388 g/mol. The van der Waals surface area contributed by atoms with Crippen LogP contribution < -0.4 is 0 Å². The second-order valence-corrected chi connectivity index (χ2v) is 10.1. The van der Waals surface area contributed by atoms with Crippen molar-refractivity contribution in [3.8, 4) is 11.8 Å². The number of carbonyl (C=O) groups is 1. The third kappa shape index (κ3) is 11.5. The molecule has 0 aromatic heterocycles. The van der Waals surface area contributed by atoms with Gasteiger partial charge in [0.1, 0.15) is 6.10 Å². The maximum Gasteiger partial charge on any atom is 0.303 e. The minimum atomic E-state index is -3.20. The van der Waals surface area contributed by atoms with Crippen molar-refractivity contribution in [1.29, 1.82) is 0 Å². The summed E-state index contributed by atoms with van der Waals surface area (Å²) in [4.78, 5) is 10.5. The molecule has 0 bridgehead atoms. The zero-order chi connectivity index (χ0) is 20.2. The van der Waals surface area contributed by atoms with Gasteiger partial charge in [-0.2, -0.15) is 0 Å². The minimum Gasteiger partial charge on any atom is -0.481 e. The summed E-state index contributed by atoms with van der Waals surface area (Å²) in [6.45, 7) is 6.06. The molecule has 0 fully saturated rings. The molecular formula is C20H36O5S. The summed E-state index contributed by atoms with van der Waals surface area (Å²) in [6.07, 6.45) is 7.32. The first-order valence-electron chi connectivity index (χ1n) is 9.57. The topological polar surface area (TPSA) is 91.7 Å². The van der Waals surface area contributed by atoms with Crippen LogP contribution in [0, 0.1) is 17.3 Å². The van der Waals surface area contributed by atoms with Crippen LogP contribution in [0.2, 0.25) is 0 Å². The van der Waals surface area contributed by atoms with Crippen molar-refractivity contribution in [3.63, 3.8) is 0 Å². The molecule has 5 nitrogen and oxygen atoms in total. The largest absolute Gasteiger partial charge is 0.481 e. The maximum absolute atomic E-state index is 11.9. The van der Waals surface area contributed by atoms with E-state index in [0.717, 1.165) is 38.5 Å². The van der Waals surface area contributed by atoms with Gasteiger partial charge in [-0.3, -0.25) is 4.79 Å². The van der Waals surface area contributed by atoms with Gasteiger partial charge in [-0.15, -0.1) is 0 Å². The molecule has 0 aromatic rings. The molecule has 0 amide bonds. The van der Waals surface area contributed by atoms with Gasteiger partial charge >= 0.3 is 5.97 Å². The Bertz CT molecular complexity index is 569. The van der Waals surface area contributed by atoms with Crippen LogP contribution in [0.1, 0.15) is 85.0 Å². The first-order valence-corrected chi connectivity index (χ1v) is 11.5. The van der Waals surface area contributed by atoms with Gasteiger partial charge in [0.2, 0.25) is 0 Å². The van der Waals surface area contributed by atoms with Crippen molar-refractivity contribution in [2.45, 2.75) is 96.3 Å². The predicted molar refractivity (Wildman–Crippen MR) is 106 cm³/mol. The van der Waals surface area contributed by atoms with Crippen molar-refractivity contribution < 1.29 is 23.4 Å². The second-order valence-electron chi connectivity index (χ2n) is 7.82. The van der Waals surface area contributed by atoms with Crippen molar-refractivity contribution in [3.05, 3.63) is 0 Å². The van der Waals surface area contributed by atoms with Gasteiger partial charge in [0.05, 0.1) is 5.25 Å². The number of aliphatic hydroxyl groups is 1. The molecule has 0 aromatic carbocycles. The van der Waals surface area contributed by atoms with Crippen molar-refractivity contribution in [2.24, 2.45) is 5.41 Å². The highest BCUT2D eigenvalue weighted by Gasteiger charge is 2.25. The standard InChI is InChI=1S/C20H36O5S/c1-5-6-16-20(2,3)18(21)14-11-13-17(26(4,24)25)12-9-7-8-10-15-19(22)23/h17-18,21H,5-10,12-13,15-16H2,1-4H3,(H,22,23). The lowest BCUT2D eigenvalue weighted by Gasteiger charge is -2.26. The fourth-order valence-electron chi connectivity index (χ4n) is 2.70. The summed E-state index contributed by atoms with van der Waals surface area (Å²) >= 11 is 0. The third-order valence-electron chi connectivity index (χ3n) is 4.76. The second kappa shape index (κ2) is 12.3. The number of carboxylic acids is 1. The number of aliphatic hydroxyl groups excluding tert-OH is 1. The lowest BCUT2D eigenvalue weighted by atomic mass is 9.82. The molecule has 2 N–H and O–H groups in total. The van der Waals surface area contributed by atoms with E-state index in [-0.39, 0.29) is 18.3 Å². The number of unbranched alkanes of at least 4 members (excludes halogenated alkanes) is 4. The smallest absolute Gasteiger partial charge is 0.303 e. The fraction of sp³-hybridized carbons (Fsp3) is 0.850. The number of hydrogen-bond acceptors (Lipinski definition) is 4. The van der Waals surface area contributed by atoms with Crippen molar-refractivity contribution >= 4 is 15.8 Å². The van der Waals surface area contributed by atoms with Crippen LogP contribution >= 0.6 is 0 Å². The Morgan fingerprint density at radius 1 is 1.12 bits per heavy atom. The summed E-state index contributed by atoms with van der Waals surface area (Å²) in [5.74, 6) is 4.92. The molecule has 0 aliphatic heterocycles. The minimum absolute atomic E-state index is 0.159. The number of rotatable bonds is 13. The Kier molecular flexibility index (Phi) is 11.8. The summed E-state index contributed by atoms with van der Waals surface area (Å²) < 4.78 is 23.9. The van der Waals surface area contributed by atoms with E-state index in [1.54, 1.807) is 0 Å². The Morgan fingerprint density at radius 3 is 2.27 bits per heavy atom.